The molecule has 0 atom stereocenters. The SMILES string of the molecule is CCCN1CCC(NCCNC(=O)c2ccccc2)CC1. The summed E-state index contributed by atoms with van der Waals surface area (Å²) < 4.78 is 0. The molecule has 1 aromatic carbocycles. The number of piperidine rings is 1. The molecule has 4 heteroatoms. The number of nitrogens with one attached hydrogen (secondary N) is 2. The Kier molecular flexibility index (Phi) is 6.70. The summed E-state index contributed by atoms with van der Waals surface area (Å²) in [5.74, 6) is 0.00941. The lowest BCUT2D eigenvalue weighted by Crippen LogP contribution is -2.44. The predicted octanol–water partition coefficient (Wildman–Crippen LogP) is 1.88. The van der Waals surface area contributed by atoms with E-state index >= 15 is 0 Å². The van der Waals surface area contributed by atoms with Crippen molar-refractivity contribution in [3.8, 4) is 0 Å². The third-order valence-electron chi connectivity index (χ3n) is 4.01. The molecule has 0 spiro atoms. The highest BCUT2D eigenvalue weighted by atomic mass is 16.1. The van der Waals surface area contributed by atoms with Crippen molar-refractivity contribution < 1.29 is 4.79 Å². The van der Waals surface area contributed by atoms with Crippen molar-refractivity contribution in [2.75, 3.05) is 32.7 Å². The van der Waals surface area contributed by atoms with Gasteiger partial charge in [-0.2, -0.15) is 0 Å². The Morgan fingerprint density at radius 2 is 1.90 bits per heavy atom. The number of amides is 1. The number of nitrogens with zero attached hydrogens (tertiary/aromatic N) is 1. The van der Waals surface area contributed by atoms with E-state index in [2.05, 4.69) is 22.5 Å². The quantitative estimate of drug-likeness (QED) is 0.753. The Morgan fingerprint density at radius 3 is 2.57 bits per heavy atom. The molecular weight excluding hydrogens is 262 g/mol. The van der Waals surface area contributed by atoms with E-state index in [-0.39, 0.29) is 5.91 Å². The lowest BCUT2D eigenvalue weighted by molar-refractivity contribution is 0.0953. The van der Waals surface area contributed by atoms with E-state index in [1.165, 1.54) is 38.9 Å². The number of carbonyl (C=O) groups is 1. The molecule has 21 heavy (non-hydrogen) atoms. The molecule has 1 aromatic rings. The average Bonchev–Trinajstić information content (AvgIpc) is 2.54. The van der Waals surface area contributed by atoms with E-state index in [1.807, 2.05) is 30.3 Å². The molecule has 0 saturated carbocycles. The molecule has 1 aliphatic heterocycles. The van der Waals surface area contributed by atoms with Gasteiger partial charge in [-0.05, 0) is 51.0 Å². The van der Waals surface area contributed by atoms with Gasteiger partial charge in [0.15, 0.2) is 0 Å². The third kappa shape index (κ3) is 5.48. The fraction of sp³-hybridized carbons (Fsp3) is 0.588. The Labute approximate surface area is 127 Å². The standard InChI is InChI=1S/C17H27N3O/c1-2-12-20-13-8-16(9-14-20)18-10-11-19-17(21)15-6-4-3-5-7-15/h3-7,16,18H,2,8-14H2,1H3,(H,19,21). The Bertz CT molecular complexity index is 413. The number of hydrogen-bond acceptors (Lipinski definition) is 3. The van der Waals surface area contributed by atoms with Crippen molar-refractivity contribution in [2.24, 2.45) is 0 Å². The van der Waals surface area contributed by atoms with Crippen molar-refractivity contribution in [1.29, 1.82) is 0 Å². The predicted molar refractivity (Wildman–Crippen MR) is 86.5 cm³/mol. The van der Waals surface area contributed by atoms with Crippen LogP contribution in [-0.2, 0) is 0 Å². The molecule has 0 unspecified atom stereocenters. The second-order valence-corrected chi connectivity index (χ2v) is 5.69. The summed E-state index contributed by atoms with van der Waals surface area (Å²) in [5, 5.41) is 6.51. The van der Waals surface area contributed by atoms with Gasteiger partial charge in [-0.3, -0.25) is 4.79 Å². The minimum atomic E-state index is 0.00941. The van der Waals surface area contributed by atoms with Crippen LogP contribution in [0.2, 0.25) is 0 Å². The Morgan fingerprint density at radius 1 is 1.19 bits per heavy atom. The van der Waals surface area contributed by atoms with E-state index in [4.69, 9.17) is 0 Å². The zero-order chi connectivity index (χ0) is 14.9. The number of hydrogen-bond donors (Lipinski definition) is 2. The topological polar surface area (TPSA) is 44.4 Å². The van der Waals surface area contributed by atoms with Crippen LogP contribution in [0.1, 0.15) is 36.5 Å². The van der Waals surface area contributed by atoms with Crippen molar-refractivity contribution in [3.05, 3.63) is 35.9 Å². The molecule has 116 valence electrons. The Hall–Kier alpha value is -1.39. The summed E-state index contributed by atoms with van der Waals surface area (Å²) in [5.41, 5.74) is 0.727. The lowest BCUT2D eigenvalue weighted by atomic mass is 10.0. The number of benzene rings is 1. The molecule has 4 nitrogen and oxygen atoms in total. The minimum Gasteiger partial charge on any atom is -0.351 e. The summed E-state index contributed by atoms with van der Waals surface area (Å²) in [6, 6.07) is 9.97. The van der Waals surface area contributed by atoms with E-state index in [0.29, 0.717) is 12.6 Å². The fourth-order valence-electron chi connectivity index (χ4n) is 2.82. The van der Waals surface area contributed by atoms with Gasteiger partial charge in [-0.15, -0.1) is 0 Å². The maximum atomic E-state index is 11.9. The summed E-state index contributed by atoms with van der Waals surface area (Å²) in [4.78, 5) is 14.4. The zero-order valence-electron chi connectivity index (χ0n) is 13.0. The lowest BCUT2D eigenvalue weighted by Gasteiger charge is -2.32. The molecule has 2 N–H and O–H groups in total. The smallest absolute Gasteiger partial charge is 0.251 e. The second kappa shape index (κ2) is 8.80. The monoisotopic (exact) mass is 289 g/mol. The molecule has 0 radical (unpaired) electrons. The molecule has 1 amide bonds. The molecule has 1 heterocycles. The van der Waals surface area contributed by atoms with Gasteiger partial charge in [-0.1, -0.05) is 25.1 Å². The average molecular weight is 289 g/mol. The van der Waals surface area contributed by atoms with Crippen molar-refractivity contribution in [1.82, 2.24) is 15.5 Å². The first-order chi connectivity index (χ1) is 10.3. The van der Waals surface area contributed by atoms with Crippen LogP contribution in [-0.4, -0.2) is 49.6 Å². The van der Waals surface area contributed by atoms with Gasteiger partial charge >= 0.3 is 0 Å². The molecule has 1 aliphatic rings. The highest BCUT2D eigenvalue weighted by Crippen LogP contribution is 2.10. The molecule has 2 rings (SSSR count). The number of carbonyl (C=O) groups excluding carboxylic acids is 1. The molecule has 0 bridgehead atoms. The number of likely N-dealkylation sites (tertiary alicyclic amines) is 1. The molecule has 1 saturated heterocycles. The largest absolute Gasteiger partial charge is 0.351 e. The summed E-state index contributed by atoms with van der Waals surface area (Å²) in [7, 11) is 0. The van der Waals surface area contributed by atoms with Crippen LogP contribution in [0.4, 0.5) is 0 Å². The van der Waals surface area contributed by atoms with E-state index in [0.717, 1.165) is 12.1 Å². The maximum Gasteiger partial charge on any atom is 0.251 e. The van der Waals surface area contributed by atoms with Gasteiger partial charge in [0, 0.05) is 24.7 Å². The fourth-order valence-corrected chi connectivity index (χ4v) is 2.82. The summed E-state index contributed by atoms with van der Waals surface area (Å²) in [6.45, 7) is 7.38. The second-order valence-electron chi connectivity index (χ2n) is 5.69. The van der Waals surface area contributed by atoms with Crippen LogP contribution in [0.5, 0.6) is 0 Å². The van der Waals surface area contributed by atoms with Gasteiger partial charge in [-0.25, -0.2) is 0 Å². The van der Waals surface area contributed by atoms with E-state index in [1.54, 1.807) is 0 Å². The first-order valence-corrected chi connectivity index (χ1v) is 8.08. The molecule has 1 fully saturated rings. The van der Waals surface area contributed by atoms with Crippen LogP contribution in [0.3, 0.4) is 0 Å². The van der Waals surface area contributed by atoms with Crippen LogP contribution in [0.15, 0.2) is 30.3 Å². The highest BCUT2D eigenvalue weighted by molar-refractivity contribution is 5.94. The van der Waals surface area contributed by atoms with Gasteiger partial charge in [0.05, 0.1) is 0 Å². The van der Waals surface area contributed by atoms with Crippen molar-refractivity contribution in [3.63, 3.8) is 0 Å². The van der Waals surface area contributed by atoms with Gasteiger partial charge in [0.25, 0.3) is 5.91 Å². The normalized spacial score (nSPS) is 16.8. The van der Waals surface area contributed by atoms with Gasteiger partial charge in [0.1, 0.15) is 0 Å². The molecule has 0 aromatic heterocycles. The van der Waals surface area contributed by atoms with Crippen molar-refractivity contribution in [2.45, 2.75) is 32.2 Å². The zero-order valence-corrected chi connectivity index (χ0v) is 13.0. The Balaban J connectivity index is 1.57. The van der Waals surface area contributed by atoms with Crippen LogP contribution >= 0.6 is 0 Å². The number of rotatable bonds is 7. The molecule has 0 aliphatic carbocycles. The third-order valence-corrected chi connectivity index (χ3v) is 4.01. The van der Waals surface area contributed by atoms with Gasteiger partial charge < -0.3 is 15.5 Å². The summed E-state index contributed by atoms with van der Waals surface area (Å²) in [6.07, 6.45) is 3.67. The molecular formula is C17H27N3O. The first kappa shape index (κ1) is 16.0. The maximum absolute atomic E-state index is 11.9. The first-order valence-electron chi connectivity index (χ1n) is 8.08. The van der Waals surface area contributed by atoms with E-state index < -0.39 is 0 Å². The summed E-state index contributed by atoms with van der Waals surface area (Å²) >= 11 is 0. The highest BCUT2D eigenvalue weighted by Gasteiger charge is 2.17. The van der Waals surface area contributed by atoms with Crippen LogP contribution < -0.4 is 10.6 Å². The van der Waals surface area contributed by atoms with Crippen molar-refractivity contribution >= 4 is 5.91 Å². The van der Waals surface area contributed by atoms with E-state index in [9.17, 15) is 4.79 Å². The minimum absolute atomic E-state index is 0.00941. The van der Waals surface area contributed by atoms with Gasteiger partial charge in [0.2, 0.25) is 0 Å². The van der Waals surface area contributed by atoms with Crippen LogP contribution in [0, 0.1) is 0 Å². The van der Waals surface area contributed by atoms with Crippen LogP contribution in [0.25, 0.3) is 0 Å².